The normalized spacial score (nSPS) is 12.5. The third-order valence-electron chi connectivity index (χ3n) is 2.40. The Morgan fingerprint density at radius 2 is 2.31 bits per heavy atom. The molecule has 0 aromatic heterocycles. The largest absolute Gasteiger partial charge is 0.271 e. The average Bonchev–Trinajstić information content (AvgIpc) is 2.21. The van der Waals surface area contributed by atoms with Crippen LogP contribution in [0.15, 0.2) is 34.8 Å². The quantitative estimate of drug-likeness (QED) is 0.494. The fourth-order valence-corrected chi connectivity index (χ4v) is 1.84. The molecule has 0 aliphatic rings. The van der Waals surface area contributed by atoms with Crippen molar-refractivity contribution in [2.24, 2.45) is 5.84 Å². The molecule has 88 valence electrons. The summed E-state index contributed by atoms with van der Waals surface area (Å²) < 4.78 is 14.4. The lowest BCUT2D eigenvalue weighted by Gasteiger charge is -2.17. The van der Waals surface area contributed by atoms with Crippen LogP contribution in [0.25, 0.3) is 0 Å². The van der Waals surface area contributed by atoms with Gasteiger partial charge in [0.1, 0.15) is 5.82 Å². The van der Waals surface area contributed by atoms with Gasteiger partial charge in [0.25, 0.3) is 0 Å². The molecule has 16 heavy (non-hydrogen) atoms. The molecule has 0 saturated carbocycles. The van der Waals surface area contributed by atoms with Gasteiger partial charge in [0.15, 0.2) is 0 Å². The Hall–Kier alpha value is -0.710. The lowest BCUT2D eigenvalue weighted by molar-refractivity contribution is 0.485. The van der Waals surface area contributed by atoms with Crippen molar-refractivity contribution in [3.8, 4) is 0 Å². The molecule has 1 rings (SSSR count). The van der Waals surface area contributed by atoms with E-state index in [4.69, 9.17) is 5.84 Å². The number of allylic oxidation sites excluding steroid dienone is 1. The molecule has 4 heteroatoms. The zero-order chi connectivity index (χ0) is 12.1. The van der Waals surface area contributed by atoms with E-state index in [1.807, 2.05) is 13.0 Å². The molecule has 2 nitrogen and oxygen atoms in total. The molecule has 0 radical (unpaired) electrons. The van der Waals surface area contributed by atoms with Gasteiger partial charge in [0, 0.05) is 16.1 Å². The van der Waals surface area contributed by atoms with Crippen molar-refractivity contribution in [2.75, 3.05) is 0 Å². The van der Waals surface area contributed by atoms with Gasteiger partial charge in [-0.3, -0.25) is 11.3 Å². The predicted molar refractivity (Wildman–Crippen MR) is 68.2 cm³/mol. The summed E-state index contributed by atoms with van der Waals surface area (Å²) in [6.45, 7) is 5.77. The predicted octanol–water partition coefficient (Wildman–Crippen LogP) is 3.45. The first-order valence-corrected chi connectivity index (χ1v) is 5.89. The van der Waals surface area contributed by atoms with Gasteiger partial charge in [0.05, 0.1) is 0 Å². The number of hydrazine groups is 1. The van der Waals surface area contributed by atoms with E-state index in [9.17, 15) is 4.39 Å². The summed E-state index contributed by atoms with van der Waals surface area (Å²) in [4.78, 5) is 0. The van der Waals surface area contributed by atoms with Crippen LogP contribution in [0.3, 0.4) is 0 Å². The smallest absolute Gasteiger partial charge is 0.129 e. The molecule has 0 fully saturated rings. The average molecular weight is 287 g/mol. The molecule has 3 N–H and O–H groups in total. The molecule has 1 aromatic rings. The van der Waals surface area contributed by atoms with Gasteiger partial charge in [-0.15, -0.1) is 6.58 Å². The van der Waals surface area contributed by atoms with Crippen LogP contribution in [-0.2, 0) is 0 Å². The number of hydrogen-bond donors (Lipinski definition) is 2. The fourth-order valence-electron chi connectivity index (χ4n) is 1.50. The molecule has 1 atom stereocenters. The van der Waals surface area contributed by atoms with Gasteiger partial charge in [-0.25, -0.2) is 4.39 Å². The van der Waals surface area contributed by atoms with Crippen LogP contribution in [0.2, 0.25) is 0 Å². The van der Waals surface area contributed by atoms with Gasteiger partial charge in [-0.05, 0) is 31.9 Å². The lowest BCUT2D eigenvalue weighted by atomic mass is 10.00. The molecule has 1 aromatic carbocycles. The van der Waals surface area contributed by atoms with Crippen LogP contribution in [0.5, 0.6) is 0 Å². The van der Waals surface area contributed by atoms with E-state index in [-0.39, 0.29) is 11.9 Å². The molecule has 0 aliphatic carbocycles. The van der Waals surface area contributed by atoms with Gasteiger partial charge < -0.3 is 0 Å². The summed E-state index contributed by atoms with van der Waals surface area (Å²) in [5.41, 5.74) is 4.29. The van der Waals surface area contributed by atoms with Crippen molar-refractivity contribution < 1.29 is 4.39 Å². The topological polar surface area (TPSA) is 38.0 Å². The monoisotopic (exact) mass is 286 g/mol. The van der Waals surface area contributed by atoms with E-state index >= 15 is 0 Å². The molecule has 0 aliphatic heterocycles. The van der Waals surface area contributed by atoms with Gasteiger partial charge in [-0.1, -0.05) is 27.6 Å². The summed E-state index contributed by atoms with van der Waals surface area (Å²) in [6.07, 6.45) is 1.56. The van der Waals surface area contributed by atoms with Crippen molar-refractivity contribution in [1.82, 2.24) is 5.43 Å². The minimum Gasteiger partial charge on any atom is -0.271 e. The Morgan fingerprint density at radius 3 is 2.81 bits per heavy atom. The minimum atomic E-state index is -0.251. The highest BCUT2D eigenvalue weighted by molar-refractivity contribution is 9.10. The first-order valence-electron chi connectivity index (χ1n) is 5.10. The van der Waals surface area contributed by atoms with E-state index in [1.165, 1.54) is 6.07 Å². The number of nitrogens with two attached hydrogens (primary N) is 1. The summed E-state index contributed by atoms with van der Waals surface area (Å²) in [5, 5.41) is 0. The summed E-state index contributed by atoms with van der Waals surface area (Å²) >= 11 is 3.22. The number of rotatable bonds is 5. The Morgan fingerprint density at radius 1 is 1.62 bits per heavy atom. The number of hydrogen-bond acceptors (Lipinski definition) is 2. The van der Waals surface area contributed by atoms with Crippen molar-refractivity contribution in [3.05, 3.63) is 46.2 Å². The molecule has 0 saturated heterocycles. The SMILES string of the molecule is C=C(C)CCC(NN)c1ccc(Br)cc1F. The van der Waals surface area contributed by atoms with E-state index in [1.54, 1.807) is 6.07 Å². The molecule has 0 spiro atoms. The zero-order valence-electron chi connectivity index (χ0n) is 9.26. The molecular weight excluding hydrogens is 271 g/mol. The number of nitrogens with one attached hydrogen (secondary N) is 1. The zero-order valence-corrected chi connectivity index (χ0v) is 10.8. The Labute approximate surface area is 104 Å². The highest BCUT2D eigenvalue weighted by atomic mass is 79.9. The van der Waals surface area contributed by atoms with Crippen LogP contribution < -0.4 is 11.3 Å². The Balaban J connectivity index is 2.82. The second-order valence-corrected chi connectivity index (χ2v) is 4.80. The molecule has 0 heterocycles. The minimum absolute atomic E-state index is 0.176. The maximum Gasteiger partial charge on any atom is 0.129 e. The van der Waals surface area contributed by atoms with Crippen LogP contribution in [0.4, 0.5) is 4.39 Å². The van der Waals surface area contributed by atoms with E-state index < -0.39 is 0 Å². The standard InChI is InChI=1S/C12H16BrFN2/c1-8(2)3-6-12(16-15)10-5-4-9(13)7-11(10)14/h4-5,7,12,16H,1,3,6,15H2,2H3. The molecule has 1 unspecified atom stereocenters. The van der Waals surface area contributed by atoms with Crippen molar-refractivity contribution in [3.63, 3.8) is 0 Å². The maximum atomic E-state index is 13.7. The van der Waals surface area contributed by atoms with Crippen molar-refractivity contribution >= 4 is 15.9 Å². The highest BCUT2D eigenvalue weighted by Gasteiger charge is 2.14. The number of benzene rings is 1. The first kappa shape index (κ1) is 13.4. The molecule has 0 bridgehead atoms. The highest BCUT2D eigenvalue weighted by Crippen LogP contribution is 2.24. The summed E-state index contributed by atoms with van der Waals surface area (Å²) in [5.74, 6) is 5.19. The van der Waals surface area contributed by atoms with E-state index in [0.717, 1.165) is 22.9 Å². The maximum absolute atomic E-state index is 13.7. The lowest BCUT2D eigenvalue weighted by Crippen LogP contribution is -2.28. The Kier molecular flexibility index (Phi) is 5.12. The van der Waals surface area contributed by atoms with Crippen LogP contribution in [0, 0.1) is 5.82 Å². The number of halogens is 2. The van der Waals surface area contributed by atoms with E-state index in [0.29, 0.717) is 5.56 Å². The molecule has 0 amide bonds. The van der Waals surface area contributed by atoms with Crippen LogP contribution in [-0.4, -0.2) is 0 Å². The van der Waals surface area contributed by atoms with Gasteiger partial charge in [-0.2, -0.15) is 0 Å². The third-order valence-corrected chi connectivity index (χ3v) is 2.89. The fraction of sp³-hybridized carbons (Fsp3) is 0.333. The van der Waals surface area contributed by atoms with Crippen LogP contribution in [0.1, 0.15) is 31.4 Å². The second kappa shape index (κ2) is 6.13. The summed E-state index contributed by atoms with van der Waals surface area (Å²) in [7, 11) is 0. The summed E-state index contributed by atoms with van der Waals surface area (Å²) in [6, 6.07) is 4.82. The van der Waals surface area contributed by atoms with E-state index in [2.05, 4.69) is 27.9 Å². The third kappa shape index (κ3) is 3.70. The van der Waals surface area contributed by atoms with Crippen LogP contribution >= 0.6 is 15.9 Å². The second-order valence-electron chi connectivity index (χ2n) is 3.88. The van der Waals surface area contributed by atoms with Crippen molar-refractivity contribution in [2.45, 2.75) is 25.8 Å². The molecular formula is C12H16BrFN2. The van der Waals surface area contributed by atoms with Crippen molar-refractivity contribution in [1.29, 1.82) is 0 Å². The van der Waals surface area contributed by atoms with Gasteiger partial charge in [0.2, 0.25) is 0 Å². The first-order chi connectivity index (χ1) is 7.54. The Bertz CT molecular complexity index is 379. The van der Waals surface area contributed by atoms with Gasteiger partial charge >= 0.3 is 0 Å².